The van der Waals surface area contributed by atoms with Crippen LogP contribution in [0.3, 0.4) is 0 Å². The Balaban J connectivity index is 2.70. The van der Waals surface area contributed by atoms with Gasteiger partial charge in [-0.25, -0.2) is 0 Å². The number of hydrogen-bond donors (Lipinski definition) is 2. The maximum atomic E-state index is 10.8. The number of ether oxygens (including phenoxy) is 1. The number of amides is 1. The fraction of sp³-hybridized carbons (Fsp3) is 0.333. The average Bonchev–Trinajstić information content (AvgIpc) is 2.26. The molecule has 0 bridgehead atoms. The minimum atomic E-state index is -0.927. The lowest BCUT2D eigenvalue weighted by Gasteiger charge is -2.12. The lowest BCUT2D eigenvalue weighted by molar-refractivity contribution is -0.136. The number of benzene rings is 1. The molecule has 0 saturated heterocycles. The Bertz CT molecular complexity index is 417. The van der Waals surface area contributed by atoms with Crippen molar-refractivity contribution in [3.63, 3.8) is 0 Å². The van der Waals surface area contributed by atoms with E-state index in [-0.39, 0.29) is 13.0 Å². The van der Waals surface area contributed by atoms with Crippen LogP contribution in [0.4, 0.5) is 0 Å². The van der Waals surface area contributed by atoms with E-state index in [4.69, 9.17) is 15.6 Å². The van der Waals surface area contributed by atoms with Gasteiger partial charge in [-0.15, -0.1) is 0 Å². The summed E-state index contributed by atoms with van der Waals surface area (Å²) >= 11 is 0. The van der Waals surface area contributed by atoms with Crippen LogP contribution >= 0.6 is 0 Å². The van der Waals surface area contributed by atoms with Crippen molar-refractivity contribution in [2.75, 3.05) is 6.61 Å². The Kier molecular flexibility index (Phi) is 4.51. The smallest absolute Gasteiger partial charge is 0.307 e. The van der Waals surface area contributed by atoms with Gasteiger partial charge in [-0.2, -0.15) is 0 Å². The number of nitrogens with two attached hydrogens (primary N) is 1. The fourth-order valence-electron chi connectivity index (χ4n) is 1.25. The van der Waals surface area contributed by atoms with E-state index in [1.54, 1.807) is 31.2 Å². The summed E-state index contributed by atoms with van der Waals surface area (Å²) in [6.45, 7) is 1.80. The van der Waals surface area contributed by atoms with Crippen molar-refractivity contribution in [3.8, 4) is 5.75 Å². The minimum absolute atomic E-state index is 0.110. The van der Waals surface area contributed by atoms with Gasteiger partial charge in [-0.1, -0.05) is 25.1 Å². The Labute approximate surface area is 99.2 Å². The molecular formula is C12H15NO4. The van der Waals surface area contributed by atoms with Crippen molar-refractivity contribution in [1.29, 1.82) is 0 Å². The number of hydrogen-bond acceptors (Lipinski definition) is 3. The monoisotopic (exact) mass is 237 g/mol. The van der Waals surface area contributed by atoms with Crippen molar-refractivity contribution in [1.82, 2.24) is 0 Å². The molecule has 1 aromatic carbocycles. The Morgan fingerprint density at radius 1 is 1.41 bits per heavy atom. The van der Waals surface area contributed by atoms with E-state index in [1.165, 1.54) is 0 Å². The van der Waals surface area contributed by atoms with Crippen LogP contribution < -0.4 is 10.5 Å². The van der Waals surface area contributed by atoms with Crippen molar-refractivity contribution >= 4 is 11.9 Å². The number of rotatable bonds is 6. The molecule has 0 saturated carbocycles. The zero-order valence-electron chi connectivity index (χ0n) is 9.55. The molecular weight excluding hydrogens is 222 g/mol. The molecule has 5 nitrogen and oxygen atoms in total. The molecule has 1 amide bonds. The van der Waals surface area contributed by atoms with E-state index < -0.39 is 17.8 Å². The summed E-state index contributed by atoms with van der Waals surface area (Å²) in [6.07, 6.45) is -0.110. The van der Waals surface area contributed by atoms with Crippen LogP contribution in [-0.2, 0) is 16.0 Å². The number of carbonyl (C=O) groups excluding carboxylic acids is 1. The summed E-state index contributed by atoms with van der Waals surface area (Å²) < 4.78 is 5.40. The molecule has 17 heavy (non-hydrogen) atoms. The van der Waals surface area contributed by atoms with Gasteiger partial charge >= 0.3 is 5.97 Å². The maximum absolute atomic E-state index is 10.8. The molecule has 3 N–H and O–H groups in total. The first-order valence-electron chi connectivity index (χ1n) is 5.22. The largest absolute Gasteiger partial charge is 0.492 e. The second-order valence-corrected chi connectivity index (χ2v) is 3.79. The first-order valence-corrected chi connectivity index (χ1v) is 5.22. The van der Waals surface area contributed by atoms with E-state index in [0.29, 0.717) is 11.3 Å². The molecule has 0 heterocycles. The van der Waals surface area contributed by atoms with Crippen molar-refractivity contribution in [2.24, 2.45) is 11.7 Å². The second-order valence-electron chi connectivity index (χ2n) is 3.79. The highest BCUT2D eigenvalue weighted by atomic mass is 16.5. The number of carboxylic acid groups (broad SMARTS) is 1. The lowest BCUT2D eigenvalue weighted by atomic mass is 10.1. The van der Waals surface area contributed by atoms with E-state index in [1.807, 2.05) is 0 Å². The van der Waals surface area contributed by atoms with E-state index in [9.17, 15) is 9.59 Å². The number of carboxylic acids is 1. The second kappa shape index (κ2) is 5.89. The molecule has 1 unspecified atom stereocenters. The fourth-order valence-corrected chi connectivity index (χ4v) is 1.25. The van der Waals surface area contributed by atoms with Gasteiger partial charge in [0.2, 0.25) is 5.91 Å². The Morgan fingerprint density at radius 3 is 2.65 bits per heavy atom. The van der Waals surface area contributed by atoms with Gasteiger partial charge in [0.15, 0.2) is 0 Å². The molecule has 1 aromatic rings. The third-order valence-electron chi connectivity index (χ3n) is 2.29. The number of primary amides is 1. The first kappa shape index (κ1) is 13.0. The normalized spacial score (nSPS) is 11.8. The SMILES string of the molecule is CC(COc1ccccc1CC(=O)O)C(N)=O. The van der Waals surface area contributed by atoms with Gasteiger partial charge in [0.1, 0.15) is 5.75 Å². The predicted octanol–water partition coefficient (Wildman–Crippen LogP) is 0.814. The summed E-state index contributed by atoms with van der Waals surface area (Å²) in [4.78, 5) is 21.5. The molecule has 1 atom stereocenters. The molecule has 0 radical (unpaired) electrons. The highest BCUT2D eigenvalue weighted by Gasteiger charge is 2.12. The maximum Gasteiger partial charge on any atom is 0.307 e. The zero-order valence-corrected chi connectivity index (χ0v) is 9.55. The highest BCUT2D eigenvalue weighted by Crippen LogP contribution is 2.19. The van der Waals surface area contributed by atoms with Crippen molar-refractivity contribution < 1.29 is 19.4 Å². The zero-order chi connectivity index (χ0) is 12.8. The van der Waals surface area contributed by atoms with Crippen molar-refractivity contribution in [3.05, 3.63) is 29.8 Å². The first-order chi connectivity index (χ1) is 8.00. The third kappa shape index (κ3) is 4.14. The van der Waals surface area contributed by atoms with Crippen LogP contribution in [-0.4, -0.2) is 23.6 Å². The summed E-state index contributed by atoms with van der Waals surface area (Å²) in [7, 11) is 0. The molecule has 0 aliphatic heterocycles. The van der Waals surface area contributed by atoms with Crippen molar-refractivity contribution in [2.45, 2.75) is 13.3 Å². The molecule has 0 aliphatic rings. The van der Waals surface area contributed by atoms with Crippen LogP contribution in [0.25, 0.3) is 0 Å². The van der Waals surface area contributed by atoms with Gasteiger partial charge < -0.3 is 15.6 Å². The van der Waals surface area contributed by atoms with E-state index in [0.717, 1.165) is 0 Å². The number of aliphatic carboxylic acids is 1. The third-order valence-corrected chi connectivity index (χ3v) is 2.29. The van der Waals surface area contributed by atoms with Gasteiger partial charge in [-0.05, 0) is 6.07 Å². The Hall–Kier alpha value is -2.04. The van der Waals surface area contributed by atoms with Gasteiger partial charge in [0.05, 0.1) is 18.9 Å². The lowest BCUT2D eigenvalue weighted by Crippen LogP contribution is -2.26. The molecule has 0 spiro atoms. The topological polar surface area (TPSA) is 89.6 Å². The molecule has 92 valence electrons. The number of para-hydroxylation sites is 1. The molecule has 0 fully saturated rings. The predicted molar refractivity (Wildman–Crippen MR) is 61.6 cm³/mol. The summed E-state index contributed by atoms with van der Waals surface area (Å²) in [6, 6.07) is 6.84. The average molecular weight is 237 g/mol. The van der Waals surface area contributed by atoms with Gasteiger partial charge in [0.25, 0.3) is 0 Å². The van der Waals surface area contributed by atoms with E-state index >= 15 is 0 Å². The highest BCUT2D eigenvalue weighted by molar-refractivity contribution is 5.76. The van der Waals surface area contributed by atoms with Gasteiger partial charge in [0, 0.05) is 5.56 Å². The van der Waals surface area contributed by atoms with Crippen LogP contribution in [0.2, 0.25) is 0 Å². The minimum Gasteiger partial charge on any atom is -0.492 e. The standard InChI is InChI=1S/C12H15NO4/c1-8(12(13)16)7-17-10-5-3-2-4-9(10)6-11(14)15/h2-5,8H,6-7H2,1H3,(H2,13,16)(H,14,15). The number of carbonyl (C=O) groups is 2. The van der Waals surface area contributed by atoms with Crippen LogP contribution in [0.1, 0.15) is 12.5 Å². The quantitative estimate of drug-likeness (QED) is 0.766. The van der Waals surface area contributed by atoms with Crippen LogP contribution in [0.15, 0.2) is 24.3 Å². The molecule has 0 aliphatic carbocycles. The summed E-state index contributed by atoms with van der Waals surface area (Å²) in [5.41, 5.74) is 5.69. The Morgan fingerprint density at radius 2 is 2.06 bits per heavy atom. The van der Waals surface area contributed by atoms with E-state index in [2.05, 4.69) is 0 Å². The van der Waals surface area contributed by atoms with Crippen LogP contribution in [0, 0.1) is 5.92 Å². The van der Waals surface area contributed by atoms with Gasteiger partial charge in [-0.3, -0.25) is 9.59 Å². The molecule has 1 rings (SSSR count). The summed E-state index contributed by atoms with van der Waals surface area (Å²) in [5, 5.41) is 8.73. The molecule has 0 aromatic heterocycles. The molecule has 5 heteroatoms. The summed E-state index contributed by atoms with van der Waals surface area (Å²) in [5.74, 6) is -1.31. The van der Waals surface area contributed by atoms with Crippen LogP contribution in [0.5, 0.6) is 5.75 Å².